The normalized spacial score (nSPS) is 26.2. The number of rotatable bonds is 4. The average molecular weight is 266 g/mol. The fourth-order valence-corrected chi connectivity index (χ4v) is 2.28. The molecule has 1 heterocycles. The fourth-order valence-electron chi connectivity index (χ4n) is 2.28. The largest absolute Gasteiger partial charge is 0.490 e. The molecule has 0 aliphatic carbocycles. The van der Waals surface area contributed by atoms with E-state index in [9.17, 15) is 10.1 Å². The van der Waals surface area contributed by atoms with E-state index < -0.39 is 4.92 Å². The second-order valence-corrected chi connectivity index (χ2v) is 4.92. The molecule has 1 aromatic carbocycles. The minimum Gasteiger partial charge on any atom is -0.490 e. The number of hydrogen-bond acceptors (Lipinski definition) is 5. The minimum absolute atomic E-state index is 0.00157. The van der Waals surface area contributed by atoms with Crippen LogP contribution in [-0.2, 0) is 4.74 Å². The van der Waals surface area contributed by atoms with Gasteiger partial charge in [0.05, 0.1) is 23.7 Å². The lowest BCUT2D eigenvalue weighted by molar-refractivity contribution is -0.384. The van der Waals surface area contributed by atoms with Gasteiger partial charge in [0.25, 0.3) is 0 Å². The van der Waals surface area contributed by atoms with E-state index in [0.717, 1.165) is 6.42 Å². The molecule has 0 aromatic heterocycles. The second-order valence-electron chi connectivity index (χ2n) is 4.92. The summed E-state index contributed by atoms with van der Waals surface area (Å²) in [6.45, 7) is 4.63. The van der Waals surface area contributed by atoms with Gasteiger partial charge in [-0.15, -0.1) is 0 Å². The van der Waals surface area contributed by atoms with E-state index in [0.29, 0.717) is 12.3 Å². The number of nitro groups is 1. The Hall–Kier alpha value is -1.82. The van der Waals surface area contributed by atoms with Crippen molar-refractivity contribution in [3.63, 3.8) is 0 Å². The molecule has 2 rings (SSSR count). The van der Waals surface area contributed by atoms with Crippen molar-refractivity contribution in [2.75, 3.05) is 19.0 Å². The molecule has 6 heteroatoms. The number of nitro benzene ring substituents is 1. The Morgan fingerprint density at radius 3 is 2.84 bits per heavy atom. The topological polar surface area (TPSA) is 73.6 Å². The van der Waals surface area contributed by atoms with Crippen LogP contribution in [0.5, 0.6) is 5.75 Å². The van der Waals surface area contributed by atoms with Crippen LogP contribution in [0.4, 0.5) is 11.4 Å². The summed E-state index contributed by atoms with van der Waals surface area (Å²) in [4.78, 5) is 10.8. The third-order valence-electron chi connectivity index (χ3n) is 3.71. The third kappa shape index (κ3) is 2.49. The van der Waals surface area contributed by atoms with Crippen molar-refractivity contribution in [1.82, 2.24) is 0 Å². The van der Waals surface area contributed by atoms with E-state index in [-0.39, 0.29) is 23.1 Å². The molecule has 1 N–H and O–H groups in total. The van der Waals surface area contributed by atoms with Crippen LogP contribution in [0.15, 0.2) is 18.2 Å². The summed E-state index contributed by atoms with van der Waals surface area (Å²) >= 11 is 0. The van der Waals surface area contributed by atoms with Crippen molar-refractivity contribution in [2.24, 2.45) is 0 Å². The molecule has 1 saturated heterocycles. The predicted octanol–water partition coefficient (Wildman–Crippen LogP) is 2.58. The molecular weight excluding hydrogens is 248 g/mol. The van der Waals surface area contributed by atoms with E-state index in [2.05, 4.69) is 5.32 Å². The number of hydrogen-bond donors (Lipinski definition) is 1. The first-order valence-electron chi connectivity index (χ1n) is 6.19. The van der Waals surface area contributed by atoms with Crippen molar-refractivity contribution in [2.45, 2.75) is 31.9 Å². The van der Waals surface area contributed by atoms with Crippen molar-refractivity contribution in [1.29, 1.82) is 0 Å². The molecule has 0 amide bonds. The van der Waals surface area contributed by atoms with Gasteiger partial charge in [-0.05, 0) is 32.4 Å². The first kappa shape index (κ1) is 13.6. The Bertz CT molecular complexity index is 492. The Morgan fingerprint density at radius 1 is 1.58 bits per heavy atom. The first-order valence-corrected chi connectivity index (χ1v) is 6.19. The lowest BCUT2D eigenvalue weighted by atomic mass is 9.94. The maximum absolute atomic E-state index is 11.2. The number of ether oxygens (including phenoxy) is 2. The second kappa shape index (κ2) is 5.05. The molecule has 0 radical (unpaired) electrons. The summed E-state index contributed by atoms with van der Waals surface area (Å²) in [5.74, 6) is 0.255. The van der Waals surface area contributed by atoms with E-state index >= 15 is 0 Å². The van der Waals surface area contributed by atoms with Crippen LogP contribution in [0.2, 0.25) is 0 Å². The monoisotopic (exact) mass is 266 g/mol. The van der Waals surface area contributed by atoms with Crippen molar-refractivity contribution in [3.8, 4) is 5.75 Å². The van der Waals surface area contributed by atoms with Crippen LogP contribution in [-0.4, -0.2) is 30.3 Å². The summed E-state index contributed by atoms with van der Waals surface area (Å²) in [6, 6.07) is 5.01. The summed E-state index contributed by atoms with van der Waals surface area (Å²) in [6.07, 6.45) is 0.806. The summed E-state index contributed by atoms with van der Waals surface area (Å²) < 4.78 is 10.6. The first-order chi connectivity index (χ1) is 8.98. The standard InChI is InChI=1S/C13H18N2O4/c1-9-13(2,7-8-19-9)14-10-5-4-6-11(18-3)12(10)15(16)17/h4-6,9,14H,7-8H2,1-3H3. The highest BCUT2D eigenvalue weighted by atomic mass is 16.6. The zero-order valence-electron chi connectivity index (χ0n) is 11.3. The molecule has 19 heavy (non-hydrogen) atoms. The number of nitrogens with one attached hydrogen (secondary N) is 1. The third-order valence-corrected chi connectivity index (χ3v) is 3.71. The number of anilines is 1. The zero-order valence-corrected chi connectivity index (χ0v) is 11.3. The van der Waals surface area contributed by atoms with E-state index in [1.165, 1.54) is 7.11 Å². The van der Waals surface area contributed by atoms with Gasteiger partial charge in [-0.1, -0.05) is 6.07 Å². The van der Waals surface area contributed by atoms with Crippen LogP contribution in [0.1, 0.15) is 20.3 Å². The predicted molar refractivity (Wildman–Crippen MR) is 71.7 cm³/mol. The summed E-state index contributed by atoms with van der Waals surface area (Å²) in [5, 5.41) is 14.5. The molecular formula is C13H18N2O4. The van der Waals surface area contributed by atoms with Gasteiger partial charge >= 0.3 is 5.69 Å². The Labute approximate surface area is 111 Å². The highest BCUT2D eigenvalue weighted by Crippen LogP contribution is 2.38. The average Bonchev–Trinajstić information content (AvgIpc) is 2.68. The van der Waals surface area contributed by atoms with Crippen molar-refractivity contribution < 1.29 is 14.4 Å². The molecule has 1 aliphatic heterocycles. The zero-order chi connectivity index (χ0) is 14.0. The Morgan fingerprint density at radius 2 is 2.32 bits per heavy atom. The maximum Gasteiger partial charge on any atom is 0.333 e. The lowest BCUT2D eigenvalue weighted by Gasteiger charge is -2.30. The fraction of sp³-hybridized carbons (Fsp3) is 0.538. The molecule has 6 nitrogen and oxygen atoms in total. The minimum atomic E-state index is -0.426. The van der Waals surface area contributed by atoms with E-state index in [1.54, 1.807) is 18.2 Å². The number of para-hydroxylation sites is 1. The molecule has 2 unspecified atom stereocenters. The molecule has 1 fully saturated rings. The number of methoxy groups -OCH3 is 1. The molecule has 0 spiro atoms. The Balaban J connectivity index is 2.37. The quantitative estimate of drug-likeness (QED) is 0.669. The van der Waals surface area contributed by atoms with Crippen LogP contribution >= 0.6 is 0 Å². The van der Waals surface area contributed by atoms with Gasteiger partial charge in [-0.3, -0.25) is 10.1 Å². The van der Waals surface area contributed by atoms with Gasteiger partial charge in [0.2, 0.25) is 0 Å². The number of nitrogens with zero attached hydrogens (tertiary/aromatic N) is 1. The summed E-state index contributed by atoms with van der Waals surface area (Å²) in [5.41, 5.74) is 0.117. The van der Waals surface area contributed by atoms with Crippen molar-refractivity contribution >= 4 is 11.4 Å². The highest BCUT2D eigenvalue weighted by molar-refractivity contribution is 5.69. The van der Waals surface area contributed by atoms with Gasteiger partial charge in [-0.2, -0.15) is 0 Å². The highest BCUT2D eigenvalue weighted by Gasteiger charge is 2.38. The van der Waals surface area contributed by atoms with Gasteiger partial charge in [0.1, 0.15) is 5.69 Å². The van der Waals surface area contributed by atoms with Crippen LogP contribution in [0.25, 0.3) is 0 Å². The van der Waals surface area contributed by atoms with Gasteiger partial charge in [0, 0.05) is 6.61 Å². The maximum atomic E-state index is 11.2. The molecule has 0 bridgehead atoms. The van der Waals surface area contributed by atoms with Gasteiger partial charge in [0.15, 0.2) is 5.75 Å². The van der Waals surface area contributed by atoms with Gasteiger partial charge < -0.3 is 14.8 Å². The lowest BCUT2D eigenvalue weighted by Crippen LogP contribution is -2.41. The van der Waals surface area contributed by atoms with Crippen LogP contribution < -0.4 is 10.1 Å². The molecule has 1 aliphatic rings. The molecule has 0 saturated carbocycles. The van der Waals surface area contributed by atoms with Gasteiger partial charge in [-0.25, -0.2) is 0 Å². The van der Waals surface area contributed by atoms with E-state index in [4.69, 9.17) is 9.47 Å². The molecule has 104 valence electrons. The molecule has 1 aromatic rings. The summed E-state index contributed by atoms with van der Waals surface area (Å²) in [7, 11) is 1.43. The SMILES string of the molecule is COc1cccc(NC2(C)CCOC2C)c1[N+](=O)[O-]. The molecule has 2 atom stereocenters. The van der Waals surface area contributed by atoms with E-state index in [1.807, 2.05) is 13.8 Å². The van der Waals surface area contributed by atoms with Crippen LogP contribution in [0.3, 0.4) is 0 Å². The number of benzene rings is 1. The van der Waals surface area contributed by atoms with Crippen LogP contribution in [0, 0.1) is 10.1 Å². The van der Waals surface area contributed by atoms with Crippen molar-refractivity contribution in [3.05, 3.63) is 28.3 Å². The Kier molecular flexibility index (Phi) is 3.61. The smallest absolute Gasteiger partial charge is 0.333 e.